The fraction of sp³-hybridized carbons (Fsp3) is 0.688. The predicted molar refractivity (Wildman–Crippen MR) is 93.1 cm³/mol. The number of aromatic nitrogens is 2. The first-order valence-electron chi connectivity index (χ1n) is 8.63. The maximum Gasteiger partial charge on any atom is 0.406 e. The van der Waals surface area contributed by atoms with E-state index in [4.69, 9.17) is 4.74 Å². The Morgan fingerprint density at radius 3 is 2.85 bits per heavy atom. The normalized spacial score (nSPS) is 18.5. The van der Waals surface area contributed by atoms with E-state index in [1.807, 2.05) is 25.1 Å². The van der Waals surface area contributed by atoms with Gasteiger partial charge in [-0.1, -0.05) is 0 Å². The number of carbonyl (C=O) groups excluding carboxylic acids is 1. The third-order valence-electron chi connectivity index (χ3n) is 4.00. The van der Waals surface area contributed by atoms with Crippen LogP contribution in [-0.2, 0) is 16.6 Å². The number of rotatable bonds is 5. The molecule has 2 heterocycles. The van der Waals surface area contributed by atoms with Crippen molar-refractivity contribution < 1.29 is 22.7 Å². The number of carbonyl (C=O) groups is 1. The number of hydrogen-bond acceptors (Lipinski definition) is 4. The van der Waals surface area contributed by atoms with Crippen LogP contribution in [0.3, 0.4) is 0 Å². The van der Waals surface area contributed by atoms with E-state index < -0.39 is 18.6 Å². The van der Waals surface area contributed by atoms with Gasteiger partial charge >= 0.3 is 6.18 Å². The fourth-order valence-corrected chi connectivity index (χ4v) is 2.70. The molecule has 1 unspecified atom stereocenters. The SMILES string of the molecule is CCNC(=NCC(=O)N(C)CC(F)(F)F)N1CCOC(c2cnn(C)c2)C1. The Morgan fingerprint density at radius 1 is 1.52 bits per heavy atom. The molecular weight excluding hydrogens is 365 g/mol. The van der Waals surface area contributed by atoms with E-state index in [2.05, 4.69) is 15.4 Å². The standard InChI is InChI=1S/C16H25F3N6O2/c1-4-20-15(21-8-14(26)23(2)11-16(17,18)19)25-5-6-27-13(10-25)12-7-22-24(3)9-12/h7,9,13H,4-6,8,10-11H2,1-3H3,(H,20,21). The van der Waals surface area contributed by atoms with Crippen LogP contribution in [-0.4, -0.2) is 84.0 Å². The monoisotopic (exact) mass is 390 g/mol. The number of guanidine groups is 1. The van der Waals surface area contributed by atoms with Gasteiger partial charge in [0.1, 0.15) is 19.2 Å². The zero-order chi connectivity index (χ0) is 20.0. The van der Waals surface area contributed by atoms with E-state index in [1.165, 1.54) is 0 Å². The Hall–Kier alpha value is -2.30. The van der Waals surface area contributed by atoms with Crippen molar-refractivity contribution in [2.45, 2.75) is 19.2 Å². The molecule has 1 fully saturated rings. The molecule has 27 heavy (non-hydrogen) atoms. The maximum atomic E-state index is 12.4. The molecule has 0 aromatic carbocycles. The lowest BCUT2D eigenvalue weighted by Gasteiger charge is -2.34. The molecule has 2 rings (SSSR count). The summed E-state index contributed by atoms with van der Waals surface area (Å²) in [5.74, 6) is -0.219. The smallest absolute Gasteiger partial charge is 0.370 e. The van der Waals surface area contributed by atoms with E-state index in [0.29, 0.717) is 37.1 Å². The second-order valence-corrected chi connectivity index (χ2v) is 6.29. The first-order valence-corrected chi connectivity index (χ1v) is 8.63. The number of alkyl halides is 3. The Balaban J connectivity index is 2.02. The van der Waals surface area contributed by atoms with Crippen LogP contribution in [0.5, 0.6) is 0 Å². The average molecular weight is 390 g/mol. The van der Waals surface area contributed by atoms with Gasteiger partial charge < -0.3 is 19.9 Å². The van der Waals surface area contributed by atoms with Gasteiger partial charge in [0.2, 0.25) is 5.91 Å². The van der Waals surface area contributed by atoms with Crippen molar-refractivity contribution in [1.29, 1.82) is 0 Å². The summed E-state index contributed by atoms with van der Waals surface area (Å²) in [4.78, 5) is 18.7. The van der Waals surface area contributed by atoms with E-state index in [1.54, 1.807) is 10.9 Å². The van der Waals surface area contributed by atoms with Crippen LogP contribution in [0, 0.1) is 0 Å². The molecule has 1 saturated heterocycles. The Bertz CT molecular complexity index is 661. The van der Waals surface area contributed by atoms with Crippen molar-refractivity contribution >= 4 is 11.9 Å². The van der Waals surface area contributed by atoms with Gasteiger partial charge in [-0.05, 0) is 6.92 Å². The van der Waals surface area contributed by atoms with E-state index >= 15 is 0 Å². The zero-order valence-electron chi connectivity index (χ0n) is 15.7. The number of nitrogens with one attached hydrogen (secondary N) is 1. The Kier molecular flexibility index (Phi) is 7.05. The third-order valence-corrected chi connectivity index (χ3v) is 4.00. The summed E-state index contributed by atoms with van der Waals surface area (Å²) < 4.78 is 44.7. The molecule has 0 aliphatic carbocycles. The zero-order valence-corrected chi connectivity index (χ0v) is 15.7. The molecule has 1 N–H and O–H groups in total. The molecule has 1 aromatic rings. The summed E-state index contributed by atoms with van der Waals surface area (Å²) in [7, 11) is 2.93. The lowest BCUT2D eigenvalue weighted by Crippen LogP contribution is -2.48. The number of hydrogen-bond donors (Lipinski definition) is 1. The van der Waals surface area contributed by atoms with Crippen LogP contribution in [0.1, 0.15) is 18.6 Å². The lowest BCUT2D eigenvalue weighted by molar-refractivity contribution is -0.157. The van der Waals surface area contributed by atoms with Crippen LogP contribution >= 0.6 is 0 Å². The fourth-order valence-electron chi connectivity index (χ4n) is 2.70. The van der Waals surface area contributed by atoms with E-state index in [-0.39, 0.29) is 12.6 Å². The molecule has 0 saturated carbocycles. The quantitative estimate of drug-likeness (QED) is 0.594. The van der Waals surface area contributed by atoms with Crippen molar-refractivity contribution in [3.63, 3.8) is 0 Å². The number of morpholine rings is 1. The second kappa shape index (κ2) is 9.07. The molecular formula is C16H25F3N6O2. The highest BCUT2D eigenvalue weighted by Crippen LogP contribution is 2.21. The largest absolute Gasteiger partial charge is 0.406 e. The van der Waals surface area contributed by atoms with Gasteiger partial charge in [0.15, 0.2) is 5.96 Å². The summed E-state index contributed by atoms with van der Waals surface area (Å²) in [6, 6.07) is 0. The third kappa shape index (κ3) is 6.42. The molecule has 152 valence electrons. The van der Waals surface area contributed by atoms with Crippen molar-refractivity contribution in [2.24, 2.45) is 12.0 Å². The van der Waals surface area contributed by atoms with Crippen LogP contribution in [0.25, 0.3) is 0 Å². The second-order valence-electron chi connectivity index (χ2n) is 6.29. The van der Waals surface area contributed by atoms with Crippen LogP contribution in [0.4, 0.5) is 13.2 Å². The van der Waals surface area contributed by atoms with E-state index in [9.17, 15) is 18.0 Å². The number of aryl methyl sites for hydroxylation is 1. The van der Waals surface area contributed by atoms with Gasteiger partial charge in [-0.2, -0.15) is 18.3 Å². The summed E-state index contributed by atoms with van der Waals surface area (Å²) in [5, 5.41) is 7.22. The van der Waals surface area contributed by atoms with Gasteiger partial charge in [0, 0.05) is 38.9 Å². The van der Waals surface area contributed by atoms with Crippen LogP contribution < -0.4 is 5.32 Å². The number of likely N-dealkylation sites (N-methyl/N-ethyl adjacent to an activating group) is 1. The molecule has 0 radical (unpaired) electrons. The minimum absolute atomic E-state index is 0.195. The molecule has 11 heteroatoms. The predicted octanol–water partition coefficient (Wildman–Crippen LogP) is 0.780. The summed E-state index contributed by atoms with van der Waals surface area (Å²) in [5.41, 5.74) is 0.930. The topological polar surface area (TPSA) is 75.0 Å². The van der Waals surface area contributed by atoms with Crippen molar-refractivity contribution in [2.75, 3.05) is 46.4 Å². The molecule has 1 aliphatic rings. The highest BCUT2D eigenvalue weighted by atomic mass is 19.4. The van der Waals surface area contributed by atoms with Gasteiger partial charge in [-0.25, -0.2) is 4.99 Å². The number of amides is 1. The maximum absolute atomic E-state index is 12.4. The van der Waals surface area contributed by atoms with Crippen molar-refractivity contribution in [1.82, 2.24) is 24.9 Å². The minimum atomic E-state index is -4.43. The van der Waals surface area contributed by atoms with Gasteiger partial charge in [-0.15, -0.1) is 0 Å². The summed E-state index contributed by atoms with van der Waals surface area (Å²) in [6.07, 6.45) is -1.03. The lowest BCUT2D eigenvalue weighted by atomic mass is 10.1. The van der Waals surface area contributed by atoms with Gasteiger partial charge in [0.25, 0.3) is 0 Å². The van der Waals surface area contributed by atoms with Crippen LogP contribution in [0.15, 0.2) is 17.4 Å². The van der Waals surface area contributed by atoms with Gasteiger partial charge in [-0.3, -0.25) is 9.48 Å². The first kappa shape index (κ1) is 21.0. The number of nitrogens with zero attached hydrogens (tertiary/aromatic N) is 5. The Morgan fingerprint density at radius 2 is 2.26 bits per heavy atom. The molecule has 1 atom stereocenters. The average Bonchev–Trinajstić information content (AvgIpc) is 3.03. The number of halogens is 3. The number of aliphatic imine (C=N–C) groups is 1. The first-order chi connectivity index (χ1) is 12.7. The number of ether oxygens (including phenoxy) is 1. The molecule has 0 spiro atoms. The van der Waals surface area contributed by atoms with E-state index in [0.717, 1.165) is 12.6 Å². The molecule has 8 nitrogen and oxygen atoms in total. The highest BCUT2D eigenvalue weighted by molar-refractivity contribution is 5.85. The molecule has 1 aromatic heterocycles. The van der Waals surface area contributed by atoms with Crippen molar-refractivity contribution in [3.8, 4) is 0 Å². The summed E-state index contributed by atoms with van der Waals surface area (Å²) >= 11 is 0. The minimum Gasteiger partial charge on any atom is -0.370 e. The Labute approximate surface area is 156 Å². The molecule has 1 aliphatic heterocycles. The van der Waals surface area contributed by atoms with Crippen LogP contribution in [0.2, 0.25) is 0 Å². The van der Waals surface area contributed by atoms with Gasteiger partial charge in [0.05, 0.1) is 19.3 Å². The summed E-state index contributed by atoms with van der Waals surface area (Å²) in [6.45, 7) is 2.33. The molecule has 1 amide bonds. The highest BCUT2D eigenvalue weighted by Gasteiger charge is 2.31. The molecule has 0 bridgehead atoms. The van der Waals surface area contributed by atoms with Crippen molar-refractivity contribution in [3.05, 3.63) is 18.0 Å².